The molecule has 0 atom stereocenters. The number of anilines is 1. The number of carbonyl (C=O) groups excluding carboxylic acids is 1. The number of hydrogen-bond donors (Lipinski definition) is 0. The maximum Gasteiger partial charge on any atom is 0.264 e. The van der Waals surface area contributed by atoms with E-state index >= 15 is 0 Å². The molecule has 0 saturated heterocycles. The molecule has 7 heteroatoms. The molecule has 3 rings (SSSR count). The van der Waals surface area contributed by atoms with Crippen LogP contribution in [-0.4, -0.2) is 32.8 Å². The molecule has 0 unspecified atom stereocenters. The van der Waals surface area contributed by atoms with Crippen LogP contribution < -0.4 is 4.31 Å². The Kier molecular flexibility index (Phi) is 6.16. The monoisotopic (exact) mass is 414 g/mol. The lowest BCUT2D eigenvalue weighted by Gasteiger charge is -2.21. The van der Waals surface area contributed by atoms with Gasteiger partial charge in [0, 0.05) is 24.0 Å². The molecule has 1 heterocycles. The van der Waals surface area contributed by atoms with E-state index in [1.807, 2.05) is 30.5 Å². The minimum absolute atomic E-state index is 0.115. The molecule has 28 heavy (non-hydrogen) atoms. The molecule has 5 nitrogen and oxygen atoms in total. The average molecular weight is 415 g/mol. The number of sulfonamides is 1. The molecule has 1 aromatic heterocycles. The van der Waals surface area contributed by atoms with Crippen molar-refractivity contribution in [3.8, 4) is 0 Å². The van der Waals surface area contributed by atoms with Crippen molar-refractivity contribution in [3.63, 3.8) is 0 Å². The minimum Gasteiger partial charge on any atom is -0.334 e. The number of benzene rings is 2. The van der Waals surface area contributed by atoms with E-state index in [-0.39, 0.29) is 10.8 Å². The number of carbonyl (C=O) groups is 1. The van der Waals surface area contributed by atoms with Gasteiger partial charge in [0.2, 0.25) is 0 Å². The quantitative estimate of drug-likeness (QED) is 0.581. The van der Waals surface area contributed by atoms with Crippen LogP contribution in [0, 0.1) is 0 Å². The third-order valence-electron chi connectivity index (χ3n) is 4.48. The Bertz CT molecular complexity index is 1020. The maximum absolute atomic E-state index is 12.8. The van der Waals surface area contributed by atoms with Crippen LogP contribution in [0.5, 0.6) is 0 Å². The molecule has 0 spiro atoms. The fraction of sp³-hybridized carbons (Fsp3) is 0.190. The minimum atomic E-state index is -3.69. The first-order chi connectivity index (χ1) is 13.4. The first-order valence-electron chi connectivity index (χ1n) is 8.89. The highest BCUT2D eigenvalue weighted by Gasteiger charge is 2.22. The molecule has 0 aliphatic carbocycles. The lowest BCUT2D eigenvalue weighted by atomic mass is 10.2. The van der Waals surface area contributed by atoms with Crippen LogP contribution in [0.15, 0.2) is 77.0 Å². The summed E-state index contributed by atoms with van der Waals surface area (Å²) < 4.78 is 26.9. The summed E-state index contributed by atoms with van der Waals surface area (Å²) in [5.74, 6) is -0.115. The van der Waals surface area contributed by atoms with Crippen molar-refractivity contribution in [2.75, 3.05) is 17.9 Å². The van der Waals surface area contributed by atoms with Crippen molar-refractivity contribution in [1.29, 1.82) is 0 Å². The van der Waals surface area contributed by atoms with E-state index in [9.17, 15) is 13.2 Å². The highest BCUT2D eigenvalue weighted by molar-refractivity contribution is 7.92. The average Bonchev–Trinajstić information content (AvgIpc) is 3.25. The van der Waals surface area contributed by atoms with Crippen LogP contribution in [0.4, 0.5) is 5.69 Å². The van der Waals surface area contributed by atoms with Gasteiger partial charge in [-0.25, -0.2) is 8.42 Å². The molecule has 3 aromatic rings. The van der Waals surface area contributed by atoms with Gasteiger partial charge < -0.3 is 4.90 Å². The first kappa shape index (κ1) is 20.1. The van der Waals surface area contributed by atoms with Crippen LogP contribution in [0.25, 0.3) is 0 Å². The van der Waals surface area contributed by atoms with Gasteiger partial charge in [-0.15, -0.1) is 11.3 Å². The van der Waals surface area contributed by atoms with Crippen molar-refractivity contribution in [1.82, 2.24) is 4.90 Å². The predicted octanol–water partition coefficient (Wildman–Crippen LogP) is 4.24. The lowest BCUT2D eigenvalue weighted by Crippen LogP contribution is -2.30. The predicted molar refractivity (Wildman–Crippen MR) is 113 cm³/mol. The Morgan fingerprint density at radius 1 is 0.964 bits per heavy atom. The Morgan fingerprint density at radius 2 is 1.64 bits per heavy atom. The standard InChI is InChI=1S/C21H22N2O3S2/c1-3-23(16-19-10-7-15-27-19)21(24)17-11-13-20(14-12-17)28(25,26)22(2)18-8-5-4-6-9-18/h4-15H,3,16H2,1-2H3. The first-order valence-corrected chi connectivity index (χ1v) is 11.2. The molecule has 0 radical (unpaired) electrons. The Labute approximate surface area is 169 Å². The van der Waals surface area contributed by atoms with Crippen molar-refractivity contribution in [2.45, 2.75) is 18.4 Å². The molecular weight excluding hydrogens is 392 g/mol. The second-order valence-corrected chi connectivity index (χ2v) is 9.23. The van der Waals surface area contributed by atoms with Gasteiger partial charge >= 0.3 is 0 Å². The molecule has 0 bridgehead atoms. The van der Waals surface area contributed by atoms with Crippen LogP contribution in [0.2, 0.25) is 0 Å². The Hall–Kier alpha value is -2.64. The summed E-state index contributed by atoms with van der Waals surface area (Å²) >= 11 is 1.61. The zero-order valence-electron chi connectivity index (χ0n) is 15.8. The van der Waals surface area contributed by atoms with E-state index in [0.717, 1.165) is 4.88 Å². The van der Waals surface area contributed by atoms with Crippen LogP contribution in [0.3, 0.4) is 0 Å². The molecule has 1 amide bonds. The molecule has 146 valence electrons. The second-order valence-electron chi connectivity index (χ2n) is 6.23. The van der Waals surface area contributed by atoms with Gasteiger partial charge in [-0.3, -0.25) is 9.10 Å². The van der Waals surface area contributed by atoms with E-state index in [1.165, 1.54) is 23.5 Å². The maximum atomic E-state index is 12.8. The molecular formula is C21H22N2O3S2. The van der Waals surface area contributed by atoms with Gasteiger partial charge in [-0.1, -0.05) is 24.3 Å². The highest BCUT2D eigenvalue weighted by atomic mass is 32.2. The number of hydrogen-bond acceptors (Lipinski definition) is 4. The van der Waals surface area contributed by atoms with Crippen LogP contribution in [-0.2, 0) is 16.6 Å². The van der Waals surface area contributed by atoms with E-state index < -0.39 is 10.0 Å². The summed E-state index contributed by atoms with van der Waals surface area (Å²) in [4.78, 5) is 15.8. The van der Waals surface area contributed by atoms with E-state index in [1.54, 1.807) is 52.6 Å². The van der Waals surface area contributed by atoms with E-state index in [2.05, 4.69) is 0 Å². The smallest absolute Gasteiger partial charge is 0.264 e. The van der Waals surface area contributed by atoms with Gasteiger partial charge in [0.05, 0.1) is 17.1 Å². The van der Waals surface area contributed by atoms with Gasteiger partial charge in [-0.2, -0.15) is 0 Å². The summed E-state index contributed by atoms with van der Waals surface area (Å²) in [5.41, 5.74) is 1.05. The topological polar surface area (TPSA) is 57.7 Å². The fourth-order valence-corrected chi connectivity index (χ4v) is 4.72. The third-order valence-corrected chi connectivity index (χ3v) is 7.14. The zero-order chi connectivity index (χ0) is 20.1. The Morgan fingerprint density at radius 3 is 2.21 bits per heavy atom. The van der Waals surface area contributed by atoms with Crippen molar-refractivity contribution >= 4 is 33.0 Å². The molecule has 2 aromatic carbocycles. The zero-order valence-corrected chi connectivity index (χ0v) is 17.4. The third kappa shape index (κ3) is 4.26. The van der Waals surface area contributed by atoms with Crippen LogP contribution in [0.1, 0.15) is 22.2 Å². The molecule has 0 N–H and O–H groups in total. The summed E-state index contributed by atoms with van der Waals surface area (Å²) in [5, 5.41) is 1.98. The summed E-state index contributed by atoms with van der Waals surface area (Å²) in [6, 6.07) is 19.0. The van der Waals surface area contributed by atoms with Gasteiger partial charge in [0.15, 0.2) is 0 Å². The summed E-state index contributed by atoms with van der Waals surface area (Å²) in [6.07, 6.45) is 0. The van der Waals surface area contributed by atoms with Gasteiger partial charge in [0.1, 0.15) is 0 Å². The Balaban J connectivity index is 1.79. The number of amides is 1. The number of nitrogens with zero attached hydrogens (tertiary/aromatic N) is 2. The van der Waals surface area contributed by atoms with Crippen molar-refractivity contribution in [2.24, 2.45) is 0 Å². The molecule has 0 aliphatic rings. The normalized spacial score (nSPS) is 11.2. The van der Waals surface area contributed by atoms with E-state index in [4.69, 9.17) is 0 Å². The van der Waals surface area contributed by atoms with Crippen molar-refractivity contribution in [3.05, 3.63) is 82.6 Å². The molecule has 0 aliphatic heterocycles. The molecule has 0 fully saturated rings. The van der Waals surface area contributed by atoms with Gasteiger partial charge in [0.25, 0.3) is 15.9 Å². The number of rotatable bonds is 7. The van der Waals surface area contributed by atoms with Crippen LogP contribution >= 0.6 is 11.3 Å². The van der Waals surface area contributed by atoms with Crippen molar-refractivity contribution < 1.29 is 13.2 Å². The van der Waals surface area contributed by atoms with E-state index in [0.29, 0.717) is 24.3 Å². The van der Waals surface area contributed by atoms with Gasteiger partial charge in [-0.05, 0) is 54.8 Å². The summed E-state index contributed by atoms with van der Waals surface area (Å²) in [7, 11) is -2.17. The number of thiophene rings is 1. The number of para-hydroxylation sites is 1. The highest BCUT2D eigenvalue weighted by Crippen LogP contribution is 2.22. The second kappa shape index (κ2) is 8.58. The summed E-state index contributed by atoms with van der Waals surface area (Å²) in [6.45, 7) is 3.05. The largest absolute Gasteiger partial charge is 0.334 e. The SMILES string of the molecule is CCN(Cc1cccs1)C(=O)c1ccc(S(=O)(=O)N(C)c2ccccc2)cc1. The fourth-order valence-electron chi connectivity index (χ4n) is 2.80. The lowest BCUT2D eigenvalue weighted by molar-refractivity contribution is 0.0754. The molecule has 0 saturated carbocycles.